The van der Waals surface area contributed by atoms with Crippen molar-refractivity contribution in [3.63, 3.8) is 0 Å². The summed E-state index contributed by atoms with van der Waals surface area (Å²) in [6.45, 7) is -2.01. The van der Waals surface area contributed by atoms with E-state index in [-0.39, 0.29) is 24.4 Å². The van der Waals surface area contributed by atoms with E-state index in [4.69, 9.17) is 23.7 Å². The fraction of sp³-hybridized carbons (Fsp3) is 0.447. The molecule has 0 aliphatic carbocycles. The van der Waals surface area contributed by atoms with Crippen LogP contribution in [0.3, 0.4) is 0 Å². The summed E-state index contributed by atoms with van der Waals surface area (Å²) >= 11 is 0. The van der Waals surface area contributed by atoms with E-state index in [0.29, 0.717) is 11.3 Å². The molecule has 3 aromatic carbocycles. The van der Waals surface area contributed by atoms with Gasteiger partial charge >= 0.3 is 11.9 Å². The molecular formula is C38H46N2O17. The van der Waals surface area contributed by atoms with Gasteiger partial charge in [-0.2, -0.15) is 0 Å². The van der Waals surface area contributed by atoms with Gasteiger partial charge in [0.25, 0.3) is 5.79 Å². The van der Waals surface area contributed by atoms with Crippen molar-refractivity contribution >= 4 is 17.8 Å². The van der Waals surface area contributed by atoms with Crippen LogP contribution in [0.25, 0.3) is 11.1 Å². The monoisotopic (exact) mass is 802 g/mol. The number of rotatable bonds is 17. The van der Waals surface area contributed by atoms with Gasteiger partial charge in [0, 0.05) is 19.5 Å². The molecule has 57 heavy (non-hydrogen) atoms. The average molecular weight is 803 g/mol. The molecule has 0 aromatic heterocycles. The van der Waals surface area contributed by atoms with Crippen LogP contribution in [0.1, 0.15) is 22.3 Å². The van der Waals surface area contributed by atoms with Gasteiger partial charge in [-0.15, -0.1) is 0 Å². The second kappa shape index (κ2) is 19.1. The molecule has 1 amide bonds. The van der Waals surface area contributed by atoms with Crippen molar-refractivity contribution in [1.82, 2.24) is 10.6 Å². The van der Waals surface area contributed by atoms with Gasteiger partial charge in [0.2, 0.25) is 12.2 Å². The van der Waals surface area contributed by atoms with Gasteiger partial charge in [0.1, 0.15) is 54.7 Å². The van der Waals surface area contributed by atoms with Crippen LogP contribution in [0.5, 0.6) is 11.5 Å². The van der Waals surface area contributed by atoms with Crippen molar-refractivity contribution in [1.29, 1.82) is 0 Å². The quantitative estimate of drug-likeness (QED) is 0.0716. The topological polar surface area (TPSA) is 303 Å². The van der Waals surface area contributed by atoms with Crippen LogP contribution in [-0.4, -0.2) is 158 Å². The number of ether oxygens (including phenoxy) is 5. The fourth-order valence-corrected chi connectivity index (χ4v) is 6.45. The third-order valence-electron chi connectivity index (χ3n) is 9.64. The fourth-order valence-electron chi connectivity index (χ4n) is 6.45. The SMILES string of the molecule is COc1ccc(O[C@@H]2O[C@H](CO[C@]3(C(=O)O)C[C@H](O)[C@@H](NC(=O)CO)[C@H]([C@H](O)[C@H](O)CNCc4ccc(-c5cccc(C(=O)O)c5)cc4)O3)[C@H](O)[C@H](O)[C@H]2O)cc1. The maximum absolute atomic E-state index is 12.8. The van der Waals surface area contributed by atoms with Crippen molar-refractivity contribution in [2.45, 2.75) is 79.9 Å². The smallest absolute Gasteiger partial charge is 0.364 e. The highest BCUT2D eigenvalue weighted by molar-refractivity contribution is 5.89. The number of amides is 1. The predicted octanol–water partition coefficient (Wildman–Crippen LogP) is -1.82. The molecule has 2 aliphatic rings. The number of aliphatic carboxylic acids is 1. The van der Waals surface area contributed by atoms with Crippen molar-refractivity contribution < 1.29 is 84.0 Å². The zero-order chi connectivity index (χ0) is 41.4. The van der Waals surface area contributed by atoms with Gasteiger partial charge in [0.15, 0.2) is 0 Å². The molecule has 0 spiro atoms. The number of methoxy groups -OCH3 is 1. The Kier molecular flexibility index (Phi) is 14.5. The molecule has 2 saturated heterocycles. The largest absolute Gasteiger partial charge is 0.497 e. The lowest BCUT2D eigenvalue weighted by molar-refractivity contribution is -0.331. The molecule has 2 fully saturated rings. The lowest BCUT2D eigenvalue weighted by Crippen LogP contribution is -2.69. The predicted molar refractivity (Wildman–Crippen MR) is 194 cm³/mol. The Hall–Kier alpha value is -4.77. The third kappa shape index (κ3) is 10.4. The van der Waals surface area contributed by atoms with Crippen LogP contribution in [0.15, 0.2) is 72.8 Å². The second-order valence-electron chi connectivity index (χ2n) is 13.6. The first kappa shape index (κ1) is 43.4. The van der Waals surface area contributed by atoms with E-state index in [1.54, 1.807) is 48.5 Å². The molecule has 0 radical (unpaired) electrons. The highest BCUT2D eigenvalue weighted by Crippen LogP contribution is 2.35. The van der Waals surface area contributed by atoms with E-state index >= 15 is 0 Å². The Balaban J connectivity index is 1.26. The molecule has 310 valence electrons. The van der Waals surface area contributed by atoms with Crippen LogP contribution in [0.4, 0.5) is 0 Å². The van der Waals surface area contributed by atoms with Crippen LogP contribution in [-0.2, 0) is 30.3 Å². The number of carbonyl (C=O) groups is 3. The Morgan fingerprint density at radius 2 is 1.58 bits per heavy atom. The normalized spacial score (nSPS) is 28.5. The lowest BCUT2D eigenvalue weighted by Gasteiger charge is -2.47. The Labute approximate surface area is 325 Å². The van der Waals surface area contributed by atoms with Crippen LogP contribution < -0.4 is 20.1 Å². The summed E-state index contributed by atoms with van der Waals surface area (Å²) in [5, 5.41) is 99.5. The molecule has 11 N–H and O–H groups in total. The number of benzene rings is 3. The zero-order valence-corrected chi connectivity index (χ0v) is 30.5. The van der Waals surface area contributed by atoms with Crippen molar-refractivity contribution in [3.05, 3.63) is 83.9 Å². The number of carboxylic acids is 2. The molecule has 11 atom stereocenters. The first-order chi connectivity index (χ1) is 27.2. The number of hydrogen-bond donors (Lipinski definition) is 11. The third-order valence-corrected chi connectivity index (χ3v) is 9.64. The number of carboxylic acid groups (broad SMARTS) is 2. The van der Waals surface area contributed by atoms with Crippen molar-refractivity contribution in [2.75, 3.05) is 26.9 Å². The molecule has 2 heterocycles. The summed E-state index contributed by atoms with van der Waals surface area (Å²) in [6, 6.07) is 18.0. The van der Waals surface area contributed by atoms with Crippen LogP contribution in [0, 0.1) is 0 Å². The Bertz CT molecular complexity index is 1810. The standard InChI is InChI=1S/C38H46N2O17/c1-53-23-9-11-24(12-10-23)55-36-33(48)32(47)31(46)27(56-36)18-54-38(37(51)52)14-25(42)29(40-28(44)17-41)34(57-38)30(45)26(43)16-39-15-19-5-7-20(8-6-19)21-3-2-4-22(13-21)35(49)50/h2-13,25-27,29-34,36,39,41-43,45-48H,14-18H2,1H3,(H,40,44)(H,49,50)(H,51,52)/t25-,26+,27+,29+,30+,31-,32-,33+,34+,36+,38+/m0/s1. The van der Waals surface area contributed by atoms with Gasteiger partial charge in [-0.1, -0.05) is 36.4 Å². The highest BCUT2D eigenvalue weighted by Gasteiger charge is 2.57. The van der Waals surface area contributed by atoms with E-state index in [1.807, 2.05) is 0 Å². The highest BCUT2D eigenvalue weighted by atomic mass is 16.7. The van der Waals surface area contributed by atoms with Gasteiger partial charge in [-0.3, -0.25) is 4.79 Å². The molecule has 0 bridgehead atoms. The summed E-state index contributed by atoms with van der Waals surface area (Å²) in [4.78, 5) is 36.3. The van der Waals surface area contributed by atoms with Gasteiger partial charge in [-0.25, -0.2) is 9.59 Å². The number of nitrogens with one attached hydrogen (secondary N) is 2. The van der Waals surface area contributed by atoms with E-state index in [0.717, 1.165) is 11.1 Å². The van der Waals surface area contributed by atoms with Gasteiger partial charge in [-0.05, 0) is 53.1 Å². The number of carbonyl (C=O) groups excluding carboxylic acids is 1. The summed E-state index contributed by atoms with van der Waals surface area (Å²) in [7, 11) is 1.46. The molecule has 19 heteroatoms. The first-order valence-corrected chi connectivity index (χ1v) is 17.8. The first-order valence-electron chi connectivity index (χ1n) is 17.8. The maximum Gasteiger partial charge on any atom is 0.364 e. The minimum absolute atomic E-state index is 0.133. The number of aliphatic hydroxyl groups is 7. The minimum atomic E-state index is -2.79. The van der Waals surface area contributed by atoms with E-state index < -0.39 is 104 Å². The summed E-state index contributed by atoms with van der Waals surface area (Å²) in [5.74, 6) is -5.99. The lowest BCUT2D eigenvalue weighted by atomic mass is 9.88. The summed E-state index contributed by atoms with van der Waals surface area (Å²) < 4.78 is 27.8. The Morgan fingerprint density at radius 1 is 0.895 bits per heavy atom. The number of aromatic carboxylic acids is 1. The molecule has 5 rings (SSSR count). The molecule has 0 unspecified atom stereocenters. The zero-order valence-electron chi connectivity index (χ0n) is 30.5. The van der Waals surface area contributed by atoms with E-state index in [1.165, 1.54) is 31.4 Å². The van der Waals surface area contributed by atoms with E-state index in [9.17, 15) is 60.3 Å². The van der Waals surface area contributed by atoms with Crippen molar-refractivity contribution in [2.24, 2.45) is 0 Å². The van der Waals surface area contributed by atoms with Crippen molar-refractivity contribution in [3.8, 4) is 22.6 Å². The molecular weight excluding hydrogens is 756 g/mol. The average Bonchev–Trinajstić information content (AvgIpc) is 3.21. The molecule has 0 saturated carbocycles. The van der Waals surface area contributed by atoms with Gasteiger partial charge < -0.3 is 80.3 Å². The molecule has 2 aliphatic heterocycles. The molecule has 3 aromatic rings. The van der Waals surface area contributed by atoms with E-state index in [2.05, 4.69) is 10.6 Å². The maximum atomic E-state index is 12.8. The summed E-state index contributed by atoms with van der Waals surface area (Å²) in [5.41, 5.74) is 2.32. The van der Waals surface area contributed by atoms with Crippen LogP contribution >= 0.6 is 0 Å². The Morgan fingerprint density at radius 3 is 2.21 bits per heavy atom. The number of aliphatic hydroxyl groups excluding tert-OH is 7. The van der Waals surface area contributed by atoms with Gasteiger partial charge in [0.05, 0.1) is 37.5 Å². The second-order valence-corrected chi connectivity index (χ2v) is 13.6. The van der Waals surface area contributed by atoms with Crippen LogP contribution in [0.2, 0.25) is 0 Å². The minimum Gasteiger partial charge on any atom is -0.497 e. The molecule has 19 nitrogen and oxygen atoms in total. The summed E-state index contributed by atoms with van der Waals surface area (Å²) in [6.07, 6.45) is -16.8. The number of hydrogen-bond acceptors (Lipinski definition) is 16.